The van der Waals surface area contributed by atoms with Crippen LogP contribution >= 0.6 is 11.8 Å². The lowest BCUT2D eigenvalue weighted by Crippen LogP contribution is -2.55. The minimum absolute atomic E-state index is 0.0238. The molecule has 2 saturated heterocycles. The van der Waals surface area contributed by atoms with E-state index in [1.807, 2.05) is 41.3 Å². The fourth-order valence-corrected chi connectivity index (χ4v) is 9.89. The van der Waals surface area contributed by atoms with E-state index >= 15 is 0 Å². The molecule has 1 aliphatic carbocycles. The van der Waals surface area contributed by atoms with E-state index in [1.54, 1.807) is 21.6 Å². The lowest BCUT2D eigenvalue weighted by atomic mass is 9.74. The van der Waals surface area contributed by atoms with Gasteiger partial charge in [-0.25, -0.2) is 0 Å². The van der Waals surface area contributed by atoms with Crippen LogP contribution in [0.4, 0.5) is 5.69 Å². The first kappa shape index (κ1) is 26.6. The van der Waals surface area contributed by atoms with Crippen LogP contribution < -0.4 is 4.90 Å². The Morgan fingerprint density at radius 2 is 1.64 bits per heavy atom. The second-order valence-electron chi connectivity index (χ2n) is 11.8. The summed E-state index contributed by atoms with van der Waals surface area (Å²) in [6, 6.07) is 9.20. The molecule has 0 bridgehead atoms. The van der Waals surface area contributed by atoms with Crippen LogP contribution in [0.3, 0.4) is 0 Å². The molecule has 1 saturated carbocycles. The van der Waals surface area contributed by atoms with Gasteiger partial charge in [0.2, 0.25) is 17.7 Å². The number of para-hydroxylation sites is 1. The first-order valence-electron chi connectivity index (χ1n) is 14.5. The lowest BCUT2D eigenvalue weighted by Gasteiger charge is -2.40. The molecule has 0 aromatic heterocycles. The van der Waals surface area contributed by atoms with Crippen LogP contribution in [0.1, 0.15) is 51.9 Å². The third-order valence-electron chi connectivity index (χ3n) is 9.48. The summed E-state index contributed by atoms with van der Waals surface area (Å²) in [5, 5.41) is 9.45. The van der Waals surface area contributed by atoms with Crippen molar-refractivity contribution in [1.29, 1.82) is 0 Å². The highest BCUT2D eigenvalue weighted by Crippen LogP contribution is 2.65. The number of aliphatic hydroxyl groups excluding tert-OH is 1. The van der Waals surface area contributed by atoms with E-state index in [0.717, 1.165) is 31.4 Å². The normalized spacial score (nSPS) is 34.7. The highest BCUT2D eigenvalue weighted by Gasteiger charge is 2.74. The Hall–Kier alpha value is -2.58. The fourth-order valence-electron chi connectivity index (χ4n) is 7.73. The number of anilines is 1. The second kappa shape index (κ2) is 10.4. The van der Waals surface area contributed by atoms with E-state index in [-0.39, 0.29) is 30.4 Å². The zero-order valence-corrected chi connectivity index (χ0v) is 23.5. The van der Waals surface area contributed by atoms with Crippen LogP contribution in [0.15, 0.2) is 54.6 Å². The summed E-state index contributed by atoms with van der Waals surface area (Å²) in [5.41, 5.74) is 0.820. The van der Waals surface area contributed by atoms with Gasteiger partial charge in [-0.3, -0.25) is 14.4 Å². The number of thioether (sulfide) groups is 1. The largest absolute Gasteiger partial charge is 0.396 e. The number of carbonyl (C=O) groups excluding carboxylic acids is 3. The van der Waals surface area contributed by atoms with Crippen LogP contribution in [0, 0.1) is 11.8 Å². The van der Waals surface area contributed by atoms with Crippen molar-refractivity contribution in [2.75, 3.05) is 31.1 Å². The maximum absolute atomic E-state index is 14.5. The first-order valence-corrected chi connectivity index (χ1v) is 15.4. The summed E-state index contributed by atoms with van der Waals surface area (Å²) in [5.74, 6) is -1.34. The van der Waals surface area contributed by atoms with Crippen molar-refractivity contribution >= 4 is 35.2 Å². The highest BCUT2D eigenvalue weighted by atomic mass is 32.2. The first-order chi connectivity index (χ1) is 18.9. The van der Waals surface area contributed by atoms with E-state index in [0.29, 0.717) is 32.5 Å². The molecule has 208 valence electrons. The molecule has 4 aliphatic heterocycles. The van der Waals surface area contributed by atoms with Gasteiger partial charge in [0.15, 0.2) is 0 Å². The molecule has 3 fully saturated rings. The Morgan fingerprint density at radius 1 is 0.897 bits per heavy atom. The topological polar surface area (TPSA) is 81.2 Å². The molecule has 1 aromatic carbocycles. The SMILES string of the molecule is C[C@]12C=CCN(c3ccccc3)C(=O)[C@H]1[C@H]1C(=O)N(CCCCO)C3C(=O)N(C4CCCCC4)CC=C[C@@]31S2. The number of carbonyl (C=O) groups is 3. The Kier molecular flexibility index (Phi) is 7.12. The molecule has 1 N–H and O–H groups in total. The molecule has 1 unspecified atom stereocenters. The van der Waals surface area contributed by atoms with Gasteiger partial charge in [-0.1, -0.05) is 61.8 Å². The predicted molar refractivity (Wildman–Crippen MR) is 153 cm³/mol. The smallest absolute Gasteiger partial charge is 0.247 e. The van der Waals surface area contributed by atoms with Crippen molar-refractivity contribution in [1.82, 2.24) is 9.80 Å². The van der Waals surface area contributed by atoms with Gasteiger partial charge in [-0.15, -0.1) is 11.8 Å². The van der Waals surface area contributed by atoms with Gasteiger partial charge in [0, 0.05) is 42.7 Å². The van der Waals surface area contributed by atoms with Crippen LogP contribution in [0.25, 0.3) is 0 Å². The molecule has 1 aromatic rings. The maximum atomic E-state index is 14.5. The number of rotatable bonds is 6. The van der Waals surface area contributed by atoms with Crippen LogP contribution in [-0.2, 0) is 14.4 Å². The Bertz CT molecular complexity index is 1180. The molecule has 7 nitrogen and oxygen atoms in total. The number of benzene rings is 1. The number of nitrogens with zero attached hydrogens (tertiary/aromatic N) is 3. The van der Waals surface area contributed by atoms with Gasteiger partial charge in [-0.05, 0) is 44.7 Å². The minimum atomic E-state index is -0.810. The number of aliphatic hydroxyl groups is 1. The molecule has 0 radical (unpaired) electrons. The summed E-state index contributed by atoms with van der Waals surface area (Å²) in [6.07, 6.45) is 15.0. The van der Waals surface area contributed by atoms with Gasteiger partial charge < -0.3 is 19.8 Å². The van der Waals surface area contributed by atoms with E-state index in [1.165, 1.54) is 6.42 Å². The quantitative estimate of drug-likeness (QED) is 0.432. The van der Waals surface area contributed by atoms with E-state index in [9.17, 15) is 19.5 Å². The van der Waals surface area contributed by atoms with Crippen molar-refractivity contribution in [3.63, 3.8) is 0 Å². The molecule has 39 heavy (non-hydrogen) atoms. The van der Waals surface area contributed by atoms with Gasteiger partial charge in [0.05, 0.1) is 16.6 Å². The lowest BCUT2D eigenvalue weighted by molar-refractivity contribution is -0.144. The maximum Gasteiger partial charge on any atom is 0.247 e. The third kappa shape index (κ3) is 4.26. The molecule has 1 spiro atoms. The molecule has 5 atom stereocenters. The molecular formula is C31H39N3O4S. The molecule has 3 amide bonds. The van der Waals surface area contributed by atoms with Crippen LogP contribution in [0.2, 0.25) is 0 Å². The molecule has 6 rings (SSSR count). The highest BCUT2D eigenvalue weighted by molar-refractivity contribution is 8.02. The van der Waals surface area contributed by atoms with Crippen LogP contribution in [-0.4, -0.2) is 80.4 Å². The molecule has 8 heteroatoms. The summed E-state index contributed by atoms with van der Waals surface area (Å²) >= 11 is 1.65. The standard InChI is InChI=1S/C31H39N3O4S/c1-30-16-10-19-32(22-12-4-2-5-13-22)27(36)24(30)25-28(37)34(18-8-9-21-35)26-29(38)33(23-14-6-3-7-15-23)20-11-17-31(25,26)39-30/h2,4-5,10-13,16-17,23-26,35H,3,6-9,14-15,18-21H2,1H3/t24-,25+,26?,30+,31+/m1/s1. The molecule has 5 aliphatic rings. The number of amides is 3. The van der Waals surface area contributed by atoms with E-state index in [4.69, 9.17) is 0 Å². The summed E-state index contributed by atoms with van der Waals surface area (Å²) < 4.78 is -1.42. The Balaban J connectivity index is 1.43. The number of unbranched alkanes of at least 4 members (excludes halogenated alkanes) is 1. The molecule has 4 heterocycles. The van der Waals surface area contributed by atoms with Gasteiger partial charge >= 0.3 is 0 Å². The summed E-state index contributed by atoms with van der Waals surface area (Å²) in [4.78, 5) is 48.9. The monoisotopic (exact) mass is 549 g/mol. The van der Waals surface area contributed by atoms with Crippen molar-refractivity contribution in [3.8, 4) is 0 Å². The zero-order chi connectivity index (χ0) is 27.2. The zero-order valence-electron chi connectivity index (χ0n) is 22.7. The Labute approximate surface area is 235 Å². The predicted octanol–water partition coefficient (Wildman–Crippen LogP) is 3.78. The number of likely N-dealkylation sites (tertiary alicyclic amines) is 1. The summed E-state index contributed by atoms with van der Waals surface area (Å²) in [6.45, 7) is 3.54. The van der Waals surface area contributed by atoms with Crippen molar-refractivity contribution in [2.45, 2.75) is 73.4 Å². The Morgan fingerprint density at radius 3 is 2.38 bits per heavy atom. The second-order valence-corrected chi connectivity index (χ2v) is 13.6. The van der Waals surface area contributed by atoms with Gasteiger partial charge in [0.25, 0.3) is 0 Å². The fraction of sp³-hybridized carbons (Fsp3) is 0.581. The minimum Gasteiger partial charge on any atom is -0.396 e. The number of hydrogen-bond donors (Lipinski definition) is 1. The summed E-state index contributed by atoms with van der Waals surface area (Å²) in [7, 11) is 0. The van der Waals surface area contributed by atoms with Crippen molar-refractivity contribution in [2.24, 2.45) is 11.8 Å². The third-order valence-corrected chi connectivity index (χ3v) is 11.3. The van der Waals surface area contributed by atoms with Crippen molar-refractivity contribution in [3.05, 3.63) is 54.6 Å². The van der Waals surface area contributed by atoms with Gasteiger partial charge in [0.1, 0.15) is 6.04 Å². The van der Waals surface area contributed by atoms with Crippen LogP contribution in [0.5, 0.6) is 0 Å². The molecular weight excluding hydrogens is 510 g/mol. The average molecular weight is 550 g/mol. The average Bonchev–Trinajstić information content (AvgIpc) is 3.20. The van der Waals surface area contributed by atoms with E-state index in [2.05, 4.69) is 25.2 Å². The van der Waals surface area contributed by atoms with Gasteiger partial charge in [-0.2, -0.15) is 0 Å². The number of fused-ring (bicyclic) bond motifs is 2. The number of hydrogen-bond acceptors (Lipinski definition) is 5. The van der Waals surface area contributed by atoms with E-state index < -0.39 is 27.4 Å². The van der Waals surface area contributed by atoms with Crippen molar-refractivity contribution < 1.29 is 19.5 Å².